The largest absolute Gasteiger partial charge is 0.376 e. The first-order chi connectivity index (χ1) is 11.4. The van der Waals surface area contributed by atoms with E-state index < -0.39 is 10.0 Å². The Morgan fingerprint density at radius 2 is 2.04 bits per heavy atom. The van der Waals surface area contributed by atoms with E-state index in [1.54, 1.807) is 32.9 Å². The molecular weight excluding hydrogens is 328 g/mol. The fourth-order valence-corrected chi connectivity index (χ4v) is 4.31. The Balaban J connectivity index is 2.19. The first-order valence-electron chi connectivity index (χ1n) is 8.40. The van der Waals surface area contributed by atoms with Crippen LogP contribution in [0.4, 0.5) is 0 Å². The van der Waals surface area contributed by atoms with Crippen LogP contribution < -0.4 is 5.32 Å². The molecule has 1 aromatic carbocycles. The molecule has 0 bridgehead atoms. The maximum atomic E-state index is 12.6. The molecule has 1 aliphatic heterocycles. The molecule has 1 heterocycles. The van der Waals surface area contributed by atoms with Crippen molar-refractivity contribution < 1.29 is 17.9 Å². The summed E-state index contributed by atoms with van der Waals surface area (Å²) >= 11 is 0. The summed E-state index contributed by atoms with van der Waals surface area (Å²) in [7, 11) is -3.58. The van der Waals surface area contributed by atoms with Gasteiger partial charge in [0.15, 0.2) is 0 Å². The van der Waals surface area contributed by atoms with Crippen LogP contribution in [0.25, 0.3) is 0 Å². The molecule has 0 saturated carbocycles. The van der Waals surface area contributed by atoms with Crippen molar-refractivity contribution in [1.82, 2.24) is 9.62 Å². The highest BCUT2D eigenvalue weighted by atomic mass is 32.2. The zero-order chi connectivity index (χ0) is 17.7. The molecule has 1 atom stereocenters. The van der Waals surface area contributed by atoms with Crippen LogP contribution in [0.15, 0.2) is 23.1 Å². The Labute approximate surface area is 144 Å². The van der Waals surface area contributed by atoms with Crippen molar-refractivity contribution in [3.63, 3.8) is 0 Å². The molecule has 1 aliphatic rings. The number of benzene rings is 1. The van der Waals surface area contributed by atoms with E-state index in [0.717, 1.165) is 25.0 Å². The molecule has 7 heteroatoms. The summed E-state index contributed by atoms with van der Waals surface area (Å²) in [6.45, 7) is 7.37. The highest BCUT2D eigenvalue weighted by Gasteiger charge is 2.24. The zero-order valence-electron chi connectivity index (χ0n) is 14.5. The minimum atomic E-state index is -3.58. The van der Waals surface area contributed by atoms with Gasteiger partial charge in [0.2, 0.25) is 10.0 Å². The first-order valence-corrected chi connectivity index (χ1v) is 9.84. The normalized spacial score (nSPS) is 18.1. The number of sulfonamides is 1. The Morgan fingerprint density at radius 3 is 2.62 bits per heavy atom. The summed E-state index contributed by atoms with van der Waals surface area (Å²) < 4.78 is 32.1. The Bertz CT molecular complexity index is 678. The van der Waals surface area contributed by atoms with Crippen LogP contribution in [0.1, 0.15) is 42.6 Å². The van der Waals surface area contributed by atoms with E-state index in [9.17, 15) is 13.2 Å². The van der Waals surface area contributed by atoms with Crippen molar-refractivity contribution in [2.45, 2.75) is 44.6 Å². The summed E-state index contributed by atoms with van der Waals surface area (Å²) in [5, 5.41) is 2.85. The van der Waals surface area contributed by atoms with Crippen LogP contribution in [0.3, 0.4) is 0 Å². The minimum absolute atomic E-state index is 0.0526. The van der Waals surface area contributed by atoms with Gasteiger partial charge in [-0.15, -0.1) is 0 Å². The number of rotatable bonds is 7. The van der Waals surface area contributed by atoms with E-state index >= 15 is 0 Å². The topological polar surface area (TPSA) is 75.7 Å². The molecule has 24 heavy (non-hydrogen) atoms. The number of hydrogen-bond donors (Lipinski definition) is 1. The molecule has 6 nitrogen and oxygen atoms in total. The van der Waals surface area contributed by atoms with Gasteiger partial charge < -0.3 is 10.1 Å². The predicted octanol–water partition coefficient (Wildman–Crippen LogP) is 1.93. The van der Waals surface area contributed by atoms with E-state index in [-0.39, 0.29) is 16.9 Å². The number of hydrogen-bond acceptors (Lipinski definition) is 4. The average molecular weight is 354 g/mol. The number of aryl methyl sites for hydroxylation is 1. The van der Waals surface area contributed by atoms with Gasteiger partial charge in [-0.1, -0.05) is 19.9 Å². The molecule has 0 spiro atoms. The summed E-state index contributed by atoms with van der Waals surface area (Å²) in [6, 6.07) is 4.70. The third kappa shape index (κ3) is 4.15. The summed E-state index contributed by atoms with van der Waals surface area (Å²) in [4.78, 5) is 12.6. The van der Waals surface area contributed by atoms with Gasteiger partial charge in [-0.05, 0) is 37.5 Å². The predicted molar refractivity (Wildman–Crippen MR) is 92.6 cm³/mol. The molecule has 1 N–H and O–H groups in total. The van der Waals surface area contributed by atoms with Gasteiger partial charge in [-0.25, -0.2) is 8.42 Å². The quantitative estimate of drug-likeness (QED) is 0.812. The van der Waals surface area contributed by atoms with Crippen LogP contribution in [0.2, 0.25) is 0 Å². The Hall–Kier alpha value is -1.44. The van der Waals surface area contributed by atoms with Crippen molar-refractivity contribution in [3.05, 3.63) is 29.3 Å². The molecule has 1 aromatic rings. The van der Waals surface area contributed by atoms with E-state index in [4.69, 9.17) is 4.74 Å². The lowest BCUT2D eigenvalue weighted by Crippen LogP contribution is -2.33. The van der Waals surface area contributed by atoms with Gasteiger partial charge in [0.05, 0.1) is 11.0 Å². The van der Waals surface area contributed by atoms with Crippen molar-refractivity contribution in [2.75, 3.05) is 26.2 Å². The van der Waals surface area contributed by atoms with Crippen LogP contribution >= 0.6 is 0 Å². The second kappa shape index (κ2) is 8.09. The number of nitrogens with one attached hydrogen (secondary N) is 1. The van der Waals surface area contributed by atoms with Crippen LogP contribution in [-0.2, 0) is 14.8 Å². The van der Waals surface area contributed by atoms with E-state index in [0.29, 0.717) is 25.2 Å². The average Bonchev–Trinajstić information content (AvgIpc) is 3.07. The standard InChI is InChI=1S/C17H26N2O4S/c1-4-19(5-2)24(21,22)15-9-8-13(3)16(11-15)17(20)18-12-14-7-6-10-23-14/h8-9,11,14H,4-7,10,12H2,1-3H3,(H,18,20). The molecule has 1 fully saturated rings. The lowest BCUT2D eigenvalue weighted by molar-refractivity contribution is 0.0857. The zero-order valence-corrected chi connectivity index (χ0v) is 15.4. The third-order valence-electron chi connectivity index (χ3n) is 4.31. The smallest absolute Gasteiger partial charge is 0.251 e. The Kier molecular flexibility index (Phi) is 6.37. The molecule has 1 amide bonds. The van der Waals surface area contributed by atoms with Gasteiger partial charge in [0.25, 0.3) is 5.91 Å². The van der Waals surface area contributed by atoms with Gasteiger partial charge >= 0.3 is 0 Å². The highest BCUT2D eigenvalue weighted by Crippen LogP contribution is 2.20. The second-order valence-electron chi connectivity index (χ2n) is 5.91. The summed E-state index contributed by atoms with van der Waals surface area (Å²) in [6.07, 6.45) is 2.00. The molecular formula is C17H26N2O4S. The number of nitrogens with zero attached hydrogens (tertiary/aromatic N) is 1. The number of ether oxygens (including phenoxy) is 1. The van der Waals surface area contributed by atoms with E-state index in [1.165, 1.54) is 10.4 Å². The van der Waals surface area contributed by atoms with E-state index in [1.807, 2.05) is 0 Å². The van der Waals surface area contributed by atoms with Gasteiger partial charge in [0, 0.05) is 31.8 Å². The fourth-order valence-electron chi connectivity index (χ4n) is 2.83. The Morgan fingerprint density at radius 1 is 1.33 bits per heavy atom. The lowest BCUT2D eigenvalue weighted by Gasteiger charge is -2.19. The third-order valence-corrected chi connectivity index (χ3v) is 6.36. The van der Waals surface area contributed by atoms with Crippen molar-refractivity contribution >= 4 is 15.9 Å². The lowest BCUT2D eigenvalue weighted by atomic mass is 10.1. The molecule has 2 rings (SSSR count). The molecule has 0 aromatic heterocycles. The van der Waals surface area contributed by atoms with Gasteiger partial charge in [0.1, 0.15) is 0 Å². The first kappa shape index (κ1) is 18.9. The minimum Gasteiger partial charge on any atom is -0.376 e. The monoisotopic (exact) mass is 354 g/mol. The van der Waals surface area contributed by atoms with E-state index in [2.05, 4.69) is 5.32 Å². The maximum absolute atomic E-state index is 12.6. The van der Waals surface area contributed by atoms with Crippen molar-refractivity contribution in [2.24, 2.45) is 0 Å². The number of carbonyl (C=O) groups is 1. The highest BCUT2D eigenvalue weighted by molar-refractivity contribution is 7.89. The fraction of sp³-hybridized carbons (Fsp3) is 0.588. The van der Waals surface area contributed by atoms with Gasteiger partial charge in [-0.3, -0.25) is 4.79 Å². The maximum Gasteiger partial charge on any atom is 0.251 e. The molecule has 1 unspecified atom stereocenters. The van der Waals surface area contributed by atoms with Crippen LogP contribution in [0.5, 0.6) is 0 Å². The van der Waals surface area contributed by atoms with Crippen molar-refractivity contribution in [1.29, 1.82) is 0 Å². The summed E-state index contributed by atoms with van der Waals surface area (Å²) in [5.74, 6) is -0.264. The molecule has 0 radical (unpaired) electrons. The van der Waals surface area contributed by atoms with Crippen LogP contribution in [0, 0.1) is 6.92 Å². The molecule has 0 aliphatic carbocycles. The molecule has 1 saturated heterocycles. The van der Waals surface area contributed by atoms with Crippen LogP contribution in [-0.4, -0.2) is 51.0 Å². The number of amides is 1. The summed E-state index contributed by atoms with van der Waals surface area (Å²) in [5.41, 5.74) is 1.14. The molecule has 134 valence electrons. The number of carbonyl (C=O) groups excluding carboxylic acids is 1. The van der Waals surface area contributed by atoms with Gasteiger partial charge in [-0.2, -0.15) is 4.31 Å². The SMILES string of the molecule is CCN(CC)S(=O)(=O)c1ccc(C)c(C(=O)NCC2CCCO2)c1. The van der Waals surface area contributed by atoms with Crippen molar-refractivity contribution in [3.8, 4) is 0 Å². The second-order valence-corrected chi connectivity index (χ2v) is 7.85.